The largest absolute Gasteiger partial charge is 0.417 e. The van der Waals surface area contributed by atoms with Gasteiger partial charge in [0.2, 0.25) is 21.8 Å². The van der Waals surface area contributed by atoms with Crippen LogP contribution in [0.2, 0.25) is 0 Å². The standard InChI is InChI=1S/C18H22F3N3O4S/c1-3-16(25)22(4-2)13-17(26)23-9-11-24(12-10-23)29(27,28)15-8-6-5-7-14(15)18(19,20)21/h3,5-8H,1,4,9-13H2,2H3. The third kappa shape index (κ3) is 5.15. The summed E-state index contributed by atoms with van der Waals surface area (Å²) < 4.78 is 66.0. The highest BCUT2D eigenvalue weighted by Crippen LogP contribution is 2.35. The van der Waals surface area contributed by atoms with Gasteiger partial charge in [0.05, 0.1) is 17.0 Å². The van der Waals surface area contributed by atoms with E-state index in [-0.39, 0.29) is 38.6 Å². The maximum atomic E-state index is 13.2. The number of sulfonamides is 1. The smallest absolute Gasteiger partial charge is 0.339 e. The average molecular weight is 433 g/mol. The highest BCUT2D eigenvalue weighted by molar-refractivity contribution is 7.89. The van der Waals surface area contributed by atoms with E-state index < -0.39 is 32.6 Å². The second-order valence-electron chi connectivity index (χ2n) is 6.34. The predicted molar refractivity (Wildman–Crippen MR) is 99.2 cm³/mol. The summed E-state index contributed by atoms with van der Waals surface area (Å²) in [5.41, 5.74) is -1.22. The van der Waals surface area contributed by atoms with Crippen molar-refractivity contribution in [3.63, 3.8) is 0 Å². The molecule has 29 heavy (non-hydrogen) atoms. The van der Waals surface area contributed by atoms with E-state index in [0.717, 1.165) is 28.6 Å². The molecule has 0 saturated carbocycles. The Labute approximate surface area is 167 Å². The molecule has 2 rings (SSSR count). The summed E-state index contributed by atoms with van der Waals surface area (Å²) in [5, 5.41) is 0. The van der Waals surface area contributed by atoms with E-state index in [2.05, 4.69) is 6.58 Å². The molecule has 1 aromatic rings. The Hall–Kier alpha value is -2.40. The molecule has 0 unspecified atom stereocenters. The molecular weight excluding hydrogens is 411 g/mol. The van der Waals surface area contributed by atoms with Crippen LogP contribution < -0.4 is 0 Å². The molecule has 1 fully saturated rings. The van der Waals surface area contributed by atoms with Gasteiger partial charge in [-0.3, -0.25) is 9.59 Å². The van der Waals surface area contributed by atoms with E-state index in [1.807, 2.05) is 0 Å². The molecule has 160 valence electrons. The molecule has 1 saturated heterocycles. The topological polar surface area (TPSA) is 78.0 Å². The molecule has 11 heteroatoms. The van der Waals surface area contributed by atoms with Crippen molar-refractivity contribution in [2.75, 3.05) is 39.3 Å². The zero-order chi connectivity index (χ0) is 21.8. The van der Waals surface area contributed by atoms with Gasteiger partial charge in [-0.15, -0.1) is 0 Å². The Balaban J connectivity index is 2.10. The third-order valence-corrected chi connectivity index (χ3v) is 6.55. The number of hydrogen-bond donors (Lipinski definition) is 0. The number of carbonyl (C=O) groups is 2. The van der Waals surface area contributed by atoms with Gasteiger partial charge in [0.1, 0.15) is 0 Å². The maximum absolute atomic E-state index is 13.2. The quantitative estimate of drug-likeness (QED) is 0.638. The van der Waals surface area contributed by atoms with Gasteiger partial charge < -0.3 is 9.80 Å². The van der Waals surface area contributed by atoms with E-state index in [1.54, 1.807) is 6.92 Å². The fourth-order valence-corrected chi connectivity index (χ4v) is 4.62. The minimum Gasteiger partial charge on any atom is -0.339 e. The molecule has 1 aliphatic rings. The fourth-order valence-electron chi connectivity index (χ4n) is 2.98. The maximum Gasteiger partial charge on any atom is 0.417 e. The molecule has 0 aromatic heterocycles. The molecule has 0 atom stereocenters. The van der Waals surface area contributed by atoms with Crippen molar-refractivity contribution in [2.24, 2.45) is 0 Å². The van der Waals surface area contributed by atoms with Crippen molar-refractivity contribution in [1.29, 1.82) is 0 Å². The van der Waals surface area contributed by atoms with Gasteiger partial charge >= 0.3 is 6.18 Å². The Bertz CT molecular complexity index is 879. The fraction of sp³-hybridized carbons (Fsp3) is 0.444. The summed E-state index contributed by atoms with van der Waals surface area (Å²) in [7, 11) is -4.37. The van der Waals surface area contributed by atoms with Crippen LogP contribution in [0, 0.1) is 0 Å². The summed E-state index contributed by atoms with van der Waals surface area (Å²) in [4.78, 5) is 25.9. The Morgan fingerprint density at radius 3 is 2.28 bits per heavy atom. The third-order valence-electron chi connectivity index (χ3n) is 4.60. The predicted octanol–water partition coefficient (Wildman–Crippen LogP) is 1.57. The van der Waals surface area contributed by atoms with E-state index in [1.165, 1.54) is 15.9 Å². The molecular formula is C18H22F3N3O4S. The highest BCUT2D eigenvalue weighted by Gasteiger charge is 2.39. The molecule has 0 spiro atoms. The number of halogens is 3. The van der Waals surface area contributed by atoms with Gasteiger partial charge in [-0.25, -0.2) is 8.42 Å². The molecule has 1 aromatic carbocycles. The summed E-state index contributed by atoms with van der Waals surface area (Å²) in [6, 6.07) is 4.01. The van der Waals surface area contributed by atoms with Crippen LogP contribution >= 0.6 is 0 Å². The SMILES string of the molecule is C=CC(=O)N(CC)CC(=O)N1CCN(S(=O)(=O)c2ccccc2C(F)(F)F)CC1. The number of alkyl halides is 3. The van der Waals surface area contributed by atoms with E-state index in [9.17, 15) is 31.2 Å². The number of benzene rings is 1. The molecule has 1 heterocycles. The molecule has 0 bridgehead atoms. The second kappa shape index (κ2) is 8.95. The number of carbonyl (C=O) groups excluding carboxylic acids is 2. The minimum absolute atomic E-state index is 0.0199. The first-order valence-electron chi connectivity index (χ1n) is 8.87. The summed E-state index contributed by atoms with van der Waals surface area (Å²) in [6.07, 6.45) is -3.71. The van der Waals surface area contributed by atoms with Crippen LogP contribution in [0.4, 0.5) is 13.2 Å². The minimum atomic E-state index is -4.80. The first kappa shape index (κ1) is 22.9. The van der Waals surface area contributed by atoms with Crippen LogP contribution in [0.25, 0.3) is 0 Å². The Morgan fingerprint density at radius 2 is 1.76 bits per heavy atom. The van der Waals surface area contributed by atoms with Crippen LogP contribution in [0.5, 0.6) is 0 Å². The zero-order valence-corrected chi connectivity index (χ0v) is 16.7. The van der Waals surface area contributed by atoms with Crippen molar-refractivity contribution in [3.8, 4) is 0 Å². The van der Waals surface area contributed by atoms with Crippen molar-refractivity contribution in [3.05, 3.63) is 42.5 Å². The lowest BCUT2D eigenvalue weighted by atomic mass is 10.2. The van der Waals surface area contributed by atoms with Gasteiger partial charge in [0.25, 0.3) is 0 Å². The lowest BCUT2D eigenvalue weighted by molar-refractivity contribution is -0.140. The second-order valence-corrected chi connectivity index (χ2v) is 8.24. The molecule has 7 nitrogen and oxygen atoms in total. The van der Waals surface area contributed by atoms with E-state index in [4.69, 9.17) is 0 Å². The van der Waals surface area contributed by atoms with Crippen LogP contribution in [0.15, 0.2) is 41.8 Å². The van der Waals surface area contributed by atoms with Crippen LogP contribution in [-0.2, 0) is 25.8 Å². The van der Waals surface area contributed by atoms with E-state index >= 15 is 0 Å². The Morgan fingerprint density at radius 1 is 1.17 bits per heavy atom. The zero-order valence-electron chi connectivity index (χ0n) is 15.9. The first-order chi connectivity index (χ1) is 13.5. The monoisotopic (exact) mass is 433 g/mol. The van der Waals surface area contributed by atoms with Gasteiger partial charge in [-0.05, 0) is 25.1 Å². The number of piperazine rings is 1. The first-order valence-corrected chi connectivity index (χ1v) is 10.3. The van der Waals surface area contributed by atoms with Gasteiger partial charge in [0, 0.05) is 32.7 Å². The molecule has 0 aliphatic carbocycles. The van der Waals surface area contributed by atoms with Gasteiger partial charge in [0.15, 0.2) is 0 Å². The van der Waals surface area contributed by atoms with Crippen LogP contribution in [0.1, 0.15) is 12.5 Å². The summed E-state index contributed by atoms with van der Waals surface area (Å²) in [5.74, 6) is -0.763. The molecule has 0 radical (unpaired) electrons. The van der Waals surface area contributed by atoms with Crippen molar-refractivity contribution >= 4 is 21.8 Å². The highest BCUT2D eigenvalue weighted by atomic mass is 32.2. The van der Waals surface area contributed by atoms with Crippen molar-refractivity contribution in [2.45, 2.75) is 18.0 Å². The van der Waals surface area contributed by atoms with E-state index in [0.29, 0.717) is 6.54 Å². The number of rotatable bonds is 6. The molecule has 1 aliphatic heterocycles. The van der Waals surface area contributed by atoms with Crippen LogP contribution in [-0.4, -0.2) is 73.6 Å². The summed E-state index contributed by atoms with van der Waals surface area (Å²) in [6.45, 7) is 4.97. The van der Waals surface area contributed by atoms with Crippen molar-refractivity contribution in [1.82, 2.24) is 14.1 Å². The van der Waals surface area contributed by atoms with Crippen molar-refractivity contribution < 1.29 is 31.2 Å². The normalized spacial score (nSPS) is 15.8. The van der Waals surface area contributed by atoms with Gasteiger partial charge in [-0.1, -0.05) is 18.7 Å². The lowest BCUT2D eigenvalue weighted by Gasteiger charge is -2.35. The lowest BCUT2D eigenvalue weighted by Crippen LogP contribution is -2.53. The molecule has 2 amide bonds. The number of amides is 2. The van der Waals surface area contributed by atoms with Gasteiger partial charge in [-0.2, -0.15) is 17.5 Å². The number of hydrogen-bond acceptors (Lipinski definition) is 4. The Kier molecular flexibility index (Phi) is 7.06. The summed E-state index contributed by atoms with van der Waals surface area (Å²) >= 11 is 0. The number of likely N-dealkylation sites (N-methyl/N-ethyl adjacent to an activating group) is 1. The average Bonchev–Trinajstić information content (AvgIpc) is 2.70. The van der Waals surface area contributed by atoms with Crippen LogP contribution in [0.3, 0.4) is 0 Å². The molecule has 0 N–H and O–H groups in total. The number of nitrogens with zero attached hydrogens (tertiary/aromatic N) is 3.